The van der Waals surface area contributed by atoms with Gasteiger partial charge in [0, 0.05) is 25.3 Å². The lowest BCUT2D eigenvalue weighted by Crippen LogP contribution is -2.47. The average molecular weight is 402 g/mol. The van der Waals surface area contributed by atoms with Crippen molar-refractivity contribution in [3.63, 3.8) is 0 Å². The van der Waals surface area contributed by atoms with Crippen molar-refractivity contribution < 1.29 is 4.74 Å². The molecule has 152 valence electrons. The molecule has 0 atom stereocenters. The molecule has 3 rings (SSSR count). The number of aromatic amines is 1. The van der Waals surface area contributed by atoms with Crippen LogP contribution >= 0.6 is 12.2 Å². The number of aryl methyl sites for hydroxylation is 2. The van der Waals surface area contributed by atoms with E-state index in [1.807, 2.05) is 6.07 Å². The highest BCUT2D eigenvalue weighted by molar-refractivity contribution is 7.80. The van der Waals surface area contributed by atoms with E-state index >= 15 is 0 Å². The van der Waals surface area contributed by atoms with Crippen LogP contribution in [0.4, 0.5) is 0 Å². The number of nitrogens with one attached hydrogen (secondary N) is 2. The molecular formula is C22H31N3O2S. The normalized spacial score (nSPS) is 15.0. The number of hydrogen-bond acceptors (Lipinski definition) is 3. The van der Waals surface area contributed by atoms with E-state index in [4.69, 9.17) is 17.0 Å². The molecule has 1 saturated carbocycles. The Morgan fingerprint density at radius 2 is 2.04 bits per heavy atom. The minimum atomic E-state index is -0.0262. The Bertz CT molecular complexity index is 887. The summed E-state index contributed by atoms with van der Waals surface area (Å²) in [5.41, 5.74) is 3.97. The zero-order valence-corrected chi connectivity index (χ0v) is 18.0. The number of hydrogen-bond donors (Lipinski definition) is 2. The van der Waals surface area contributed by atoms with E-state index in [2.05, 4.69) is 41.2 Å². The monoisotopic (exact) mass is 401 g/mol. The predicted molar refractivity (Wildman–Crippen MR) is 119 cm³/mol. The van der Waals surface area contributed by atoms with Crippen LogP contribution < -0.4 is 10.9 Å². The maximum atomic E-state index is 12.8. The molecule has 1 aromatic carbocycles. The summed E-state index contributed by atoms with van der Waals surface area (Å²) in [6, 6.07) is 6.59. The van der Waals surface area contributed by atoms with E-state index in [0.29, 0.717) is 30.9 Å². The zero-order valence-electron chi connectivity index (χ0n) is 17.1. The molecule has 1 aromatic heterocycles. The van der Waals surface area contributed by atoms with Gasteiger partial charge < -0.3 is 19.9 Å². The number of fused-ring (bicyclic) bond motifs is 1. The Morgan fingerprint density at radius 1 is 1.29 bits per heavy atom. The fourth-order valence-corrected chi connectivity index (χ4v) is 4.31. The van der Waals surface area contributed by atoms with Crippen LogP contribution in [0.5, 0.6) is 0 Å². The Labute approximate surface area is 172 Å². The molecule has 28 heavy (non-hydrogen) atoms. The molecule has 0 saturated heterocycles. The van der Waals surface area contributed by atoms with E-state index in [1.54, 1.807) is 7.11 Å². The summed E-state index contributed by atoms with van der Waals surface area (Å²) in [4.78, 5) is 18.1. The number of thiocarbonyl (C=S) groups is 1. The number of H-pyrrole nitrogens is 1. The lowest BCUT2D eigenvalue weighted by molar-refractivity contribution is 0.199. The van der Waals surface area contributed by atoms with Crippen molar-refractivity contribution in [2.75, 3.05) is 20.3 Å². The van der Waals surface area contributed by atoms with E-state index in [0.717, 1.165) is 34.9 Å². The standard InChI is InChI=1S/C22H31N3O2S/c1-15-9-10-17-13-18(21(26)24-20(17)16(15)2)14-25(19-7-5-4-6-8-19)22(28)23-11-12-27-3/h9-10,13,19H,4-8,11-12,14H2,1-3H3,(H,23,28)(H,24,26). The summed E-state index contributed by atoms with van der Waals surface area (Å²) in [5, 5.41) is 5.08. The third kappa shape index (κ3) is 4.73. The number of nitrogens with zero attached hydrogens (tertiary/aromatic N) is 1. The fourth-order valence-electron chi connectivity index (χ4n) is 3.99. The Hall–Kier alpha value is -1.92. The maximum Gasteiger partial charge on any atom is 0.253 e. The first-order valence-corrected chi connectivity index (χ1v) is 10.6. The molecule has 0 aliphatic heterocycles. The van der Waals surface area contributed by atoms with Crippen LogP contribution in [0.1, 0.15) is 48.8 Å². The fraction of sp³-hybridized carbons (Fsp3) is 0.545. The van der Waals surface area contributed by atoms with Gasteiger partial charge in [-0.05, 0) is 61.5 Å². The molecule has 1 aliphatic carbocycles. The smallest absolute Gasteiger partial charge is 0.253 e. The Morgan fingerprint density at radius 3 is 2.75 bits per heavy atom. The van der Waals surface area contributed by atoms with E-state index in [-0.39, 0.29) is 5.56 Å². The molecule has 2 N–H and O–H groups in total. The minimum absolute atomic E-state index is 0.0262. The van der Waals surface area contributed by atoms with Gasteiger partial charge in [-0.15, -0.1) is 0 Å². The van der Waals surface area contributed by atoms with Gasteiger partial charge in [0.25, 0.3) is 5.56 Å². The van der Waals surface area contributed by atoms with E-state index < -0.39 is 0 Å². The van der Waals surface area contributed by atoms with Gasteiger partial charge in [-0.25, -0.2) is 0 Å². The molecule has 0 spiro atoms. The summed E-state index contributed by atoms with van der Waals surface area (Å²) in [7, 11) is 1.68. The number of methoxy groups -OCH3 is 1. The van der Waals surface area contributed by atoms with Gasteiger partial charge in [0.05, 0.1) is 18.7 Å². The van der Waals surface area contributed by atoms with Gasteiger partial charge in [-0.3, -0.25) is 4.79 Å². The number of rotatable bonds is 6. The quantitative estimate of drug-likeness (QED) is 0.570. The van der Waals surface area contributed by atoms with Gasteiger partial charge in [-0.1, -0.05) is 31.4 Å². The van der Waals surface area contributed by atoms with Crippen molar-refractivity contribution in [2.45, 2.75) is 58.5 Å². The molecule has 1 fully saturated rings. The third-order valence-corrected chi connectivity index (χ3v) is 6.21. The second kappa shape index (κ2) is 9.52. The lowest BCUT2D eigenvalue weighted by atomic mass is 9.94. The topological polar surface area (TPSA) is 57.4 Å². The molecule has 6 heteroatoms. The molecule has 1 aliphatic rings. The Kier molecular flexibility index (Phi) is 7.08. The number of ether oxygens (including phenoxy) is 1. The molecule has 2 aromatic rings. The van der Waals surface area contributed by atoms with Crippen LogP contribution in [0, 0.1) is 13.8 Å². The number of pyridine rings is 1. The van der Waals surface area contributed by atoms with Crippen LogP contribution in [-0.4, -0.2) is 41.3 Å². The van der Waals surface area contributed by atoms with Gasteiger partial charge in [0.2, 0.25) is 0 Å². The molecule has 0 unspecified atom stereocenters. The van der Waals surface area contributed by atoms with Crippen LogP contribution in [0.3, 0.4) is 0 Å². The van der Waals surface area contributed by atoms with Gasteiger partial charge >= 0.3 is 0 Å². The largest absolute Gasteiger partial charge is 0.383 e. The van der Waals surface area contributed by atoms with Crippen molar-refractivity contribution >= 4 is 28.2 Å². The summed E-state index contributed by atoms with van der Waals surface area (Å²) in [6.45, 7) is 5.92. The first kappa shape index (κ1) is 20.8. The lowest BCUT2D eigenvalue weighted by Gasteiger charge is -2.36. The highest BCUT2D eigenvalue weighted by Crippen LogP contribution is 2.25. The van der Waals surface area contributed by atoms with Crippen LogP contribution in [0.25, 0.3) is 10.9 Å². The van der Waals surface area contributed by atoms with Crippen molar-refractivity contribution in [1.29, 1.82) is 0 Å². The number of benzene rings is 1. The highest BCUT2D eigenvalue weighted by Gasteiger charge is 2.24. The molecule has 0 radical (unpaired) electrons. The van der Waals surface area contributed by atoms with Crippen molar-refractivity contribution in [1.82, 2.24) is 15.2 Å². The van der Waals surface area contributed by atoms with Crippen LogP contribution in [0.2, 0.25) is 0 Å². The van der Waals surface area contributed by atoms with Crippen molar-refractivity contribution in [3.05, 3.63) is 45.2 Å². The molecule has 1 heterocycles. The second-order valence-corrected chi connectivity index (χ2v) is 8.13. The van der Waals surface area contributed by atoms with Gasteiger partial charge in [-0.2, -0.15) is 0 Å². The molecule has 0 amide bonds. The zero-order chi connectivity index (χ0) is 20.1. The first-order valence-electron chi connectivity index (χ1n) is 10.2. The van der Waals surface area contributed by atoms with Gasteiger partial charge in [0.1, 0.15) is 0 Å². The summed E-state index contributed by atoms with van der Waals surface area (Å²) in [6.07, 6.45) is 5.96. The number of aromatic nitrogens is 1. The van der Waals surface area contributed by atoms with E-state index in [9.17, 15) is 4.79 Å². The Balaban J connectivity index is 1.88. The average Bonchev–Trinajstić information content (AvgIpc) is 2.70. The predicted octanol–water partition coefficient (Wildman–Crippen LogP) is 3.80. The first-order chi connectivity index (χ1) is 13.5. The van der Waals surface area contributed by atoms with Crippen molar-refractivity contribution in [3.8, 4) is 0 Å². The second-order valence-electron chi connectivity index (χ2n) is 7.74. The third-order valence-electron chi connectivity index (χ3n) is 5.83. The molecule has 5 nitrogen and oxygen atoms in total. The summed E-state index contributed by atoms with van der Waals surface area (Å²) in [5.74, 6) is 0. The summed E-state index contributed by atoms with van der Waals surface area (Å²) < 4.78 is 5.13. The summed E-state index contributed by atoms with van der Waals surface area (Å²) >= 11 is 5.69. The SMILES string of the molecule is COCCNC(=S)N(Cc1cc2ccc(C)c(C)c2[nH]c1=O)C1CCCCC1. The molecular weight excluding hydrogens is 370 g/mol. The van der Waals surface area contributed by atoms with Gasteiger partial charge in [0.15, 0.2) is 5.11 Å². The highest BCUT2D eigenvalue weighted by atomic mass is 32.1. The van der Waals surface area contributed by atoms with E-state index in [1.165, 1.54) is 24.8 Å². The minimum Gasteiger partial charge on any atom is -0.383 e. The molecule has 0 bridgehead atoms. The van der Waals surface area contributed by atoms with Crippen LogP contribution in [-0.2, 0) is 11.3 Å². The maximum absolute atomic E-state index is 12.8. The van der Waals surface area contributed by atoms with Crippen LogP contribution in [0.15, 0.2) is 23.0 Å². The van der Waals surface area contributed by atoms with Crippen molar-refractivity contribution in [2.24, 2.45) is 0 Å².